The number of benzene rings is 1. The Morgan fingerprint density at radius 1 is 1.33 bits per heavy atom. The molecule has 7 heteroatoms. The Labute approximate surface area is 105 Å². The summed E-state index contributed by atoms with van der Waals surface area (Å²) in [5.41, 5.74) is 7.09. The fourth-order valence-electron chi connectivity index (χ4n) is 1.66. The quantitative estimate of drug-likeness (QED) is 0.719. The summed E-state index contributed by atoms with van der Waals surface area (Å²) in [5, 5.41) is 6.07. The van der Waals surface area contributed by atoms with E-state index in [1.165, 1.54) is 12.3 Å². The van der Waals surface area contributed by atoms with Crippen LogP contribution >= 0.6 is 0 Å². The van der Waals surface area contributed by atoms with Gasteiger partial charge in [0.1, 0.15) is 0 Å². The second-order valence-corrected chi connectivity index (χ2v) is 5.58. The number of hydrogen-bond acceptors (Lipinski definition) is 4. The minimum absolute atomic E-state index is 0.0313. The van der Waals surface area contributed by atoms with E-state index in [2.05, 4.69) is 14.9 Å². The Morgan fingerprint density at radius 2 is 2.06 bits per heavy atom. The SMILES string of the molecule is CC(NS(=O)(=O)c1ccn[nH]1)c1ccccc1N. The second-order valence-electron chi connectivity index (χ2n) is 3.89. The first-order chi connectivity index (χ1) is 8.50. The first-order valence-electron chi connectivity index (χ1n) is 5.37. The first kappa shape index (κ1) is 12.6. The van der Waals surface area contributed by atoms with Crippen LogP contribution in [-0.2, 0) is 10.0 Å². The zero-order chi connectivity index (χ0) is 13.2. The van der Waals surface area contributed by atoms with Gasteiger partial charge in [-0.1, -0.05) is 18.2 Å². The van der Waals surface area contributed by atoms with Gasteiger partial charge in [-0.15, -0.1) is 0 Å². The second kappa shape index (κ2) is 4.79. The van der Waals surface area contributed by atoms with Gasteiger partial charge >= 0.3 is 0 Å². The zero-order valence-electron chi connectivity index (χ0n) is 9.79. The molecule has 2 aromatic rings. The molecule has 0 bridgehead atoms. The van der Waals surface area contributed by atoms with Crippen molar-refractivity contribution in [3.05, 3.63) is 42.1 Å². The van der Waals surface area contributed by atoms with Crippen molar-refractivity contribution in [2.45, 2.75) is 18.0 Å². The van der Waals surface area contributed by atoms with Crippen molar-refractivity contribution in [2.24, 2.45) is 0 Å². The van der Waals surface area contributed by atoms with Gasteiger partial charge in [0.2, 0.25) is 0 Å². The molecule has 0 aliphatic carbocycles. The lowest BCUT2D eigenvalue weighted by molar-refractivity contribution is 0.563. The number of aromatic amines is 1. The van der Waals surface area contributed by atoms with Crippen LogP contribution in [0.2, 0.25) is 0 Å². The van der Waals surface area contributed by atoms with Gasteiger partial charge in [-0.3, -0.25) is 5.10 Å². The van der Waals surface area contributed by atoms with Gasteiger partial charge < -0.3 is 5.73 Å². The van der Waals surface area contributed by atoms with Gasteiger partial charge in [-0.2, -0.15) is 5.10 Å². The topological polar surface area (TPSA) is 101 Å². The monoisotopic (exact) mass is 266 g/mol. The fourth-order valence-corrected chi connectivity index (χ4v) is 2.79. The third kappa shape index (κ3) is 2.52. The van der Waals surface area contributed by atoms with Crippen LogP contribution in [0.3, 0.4) is 0 Å². The maximum Gasteiger partial charge on any atom is 0.258 e. The van der Waals surface area contributed by atoms with E-state index < -0.39 is 16.1 Å². The summed E-state index contributed by atoms with van der Waals surface area (Å²) >= 11 is 0. The molecule has 0 saturated heterocycles. The van der Waals surface area contributed by atoms with Crippen LogP contribution in [0.4, 0.5) is 5.69 Å². The van der Waals surface area contributed by atoms with E-state index >= 15 is 0 Å². The van der Waals surface area contributed by atoms with Gasteiger partial charge in [-0.25, -0.2) is 13.1 Å². The van der Waals surface area contributed by atoms with E-state index in [0.717, 1.165) is 5.56 Å². The van der Waals surface area contributed by atoms with Gasteiger partial charge in [0.25, 0.3) is 10.0 Å². The third-order valence-electron chi connectivity index (χ3n) is 2.56. The Balaban J connectivity index is 2.23. The Morgan fingerprint density at radius 3 is 2.67 bits per heavy atom. The number of nitrogen functional groups attached to an aromatic ring is 1. The van der Waals surface area contributed by atoms with Crippen LogP contribution in [0.25, 0.3) is 0 Å². The smallest absolute Gasteiger partial charge is 0.258 e. The number of nitrogens with two attached hydrogens (primary N) is 1. The number of hydrogen-bond donors (Lipinski definition) is 3. The van der Waals surface area contributed by atoms with E-state index in [-0.39, 0.29) is 5.03 Å². The zero-order valence-corrected chi connectivity index (χ0v) is 10.6. The summed E-state index contributed by atoms with van der Waals surface area (Å²) in [5.74, 6) is 0. The molecule has 2 rings (SSSR count). The molecule has 0 fully saturated rings. The highest BCUT2D eigenvalue weighted by Crippen LogP contribution is 2.21. The Bertz CT molecular complexity index is 622. The molecular weight excluding hydrogens is 252 g/mol. The van der Waals surface area contributed by atoms with Crippen molar-refractivity contribution in [1.29, 1.82) is 0 Å². The molecule has 0 spiro atoms. The van der Waals surface area contributed by atoms with Gasteiger partial charge in [0.15, 0.2) is 5.03 Å². The number of anilines is 1. The van der Waals surface area contributed by atoms with Crippen LogP contribution < -0.4 is 10.5 Å². The summed E-state index contributed by atoms with van der Waals surface area (Å²) in [6, 6.07) is 8.11. The minimum atomic E-state index is -3.60. The van der Waals surface area contributed by atoms with Crippen molar-refractivity contribution in [1.82, 2.24) is 14.9 Å². The van der Waals surface area contributed by atoms with Gasteiger partial charge in [-0.05, 0) is 24.6 Å². The molecule has 1 heterocycles. The molecule has 96 valence electrons. The molecule has 0 aliphatic rings. The van der Waals surface area contributed by atoms with E-state index in [4.69, 9.17) is 5.73 Å². The highest BCUT2D eigenvalue weighted by atomic mass is 32.2. The predicted octanol–water partition coefficient (Wildman–Crippen LogP) is 1.03. The lowest BCUT2D eigenvalue weighted by Crippen LogP contribution is -2.27. The van der Waals surface area contributed by atoms with Crippen LogP contribution in [0.5, 0.6) is 0 Å². The maximum absolute atomic E-state index is 12.0. The average molecular weight is 266 g/mol. The normalized spacial score (nSPS) is 13.4. The lowest BCUT2D eigenvalue weighted by atomic mass is 10.1. The highest BCUT2D eigenvalue weighted by molar-refractivity contribution is 7.89. The van der Waals surface area contributed by atoms with Crippen LogP contribution in [0.15, 0.2) is 41.6 Å². The summed E-state index contributed by atoms with van der Waals surface area (Å²) < 4.78 is 26.5. The molecule has 1 atom stereocenters. The number of aromatic nitrogens is 2. The minimum Gasteiger partial charge on any atom is -0.398 e. The molecule has 6 nitrogen and oxygen atoms in total. The van der Waals surface area contributed by atoms with E-state index in [1.807, 2.05) is 6.07 Å². The number of nitrogens with zero attached hydrogens (tertiary/aromatic N) is 1. The van der Waals surface area contributed by atoms with Crippen molar-refractivity contribution >= 4 is 15.7 Å². The molecule has 0 radical (unpaired) electrons. The molecule has 0 saturated carbocycles. The predicted molar refractivity (Wildman–Crippen MR) is 68.2 cm³/mol. The largest absolute Gasteiger partial charge is 0.398 e. The van der Waals surface area contributed by atoms with Gasteiger partial charge in [0, 0.05) is 11.7 Å². The molecule has 0 aliphatic heterocycles. The highest BCUT2D eigenvalue weighted by Gasteiger charge is 2.20. The average Bonchev–Trinajstić information content (AvgIpc) is 2.82. The Hall–Kier alpha value is -1.86. The molecule has 18 heavy (non-hydrogen) atoms. The molecular formula is C11H14N4O2S. The van der Waals surface area contributed by atoms with Crippen molar-refractivity contribution in [2.75, 3.05) is 5.73 Å². The van der Waals surface area contributed by atoms with Crippen LogP contribution in [-0.4, -0.2) is 18.6 Å². The molecule has 1 aromatic carbocycles. The number of sulfonamides is 1. The first-order valence-corrected chi connectivity index (χ1v) is 6.85. The fraction of sp³-hybridized carbons (Fsp3) is 0.182. The van der Waals surface area contributed by atoms with E-state index in [1.54, 1.807) is 25.1 Å². The number of rotatable bonds is 4. The van der Waals surface area contributed by atoms with Crippen molar-refractivity contribution in [3.63, 3.8) is 0 Å². The van der Waals surface area contributed by atoms with Gasteiger partial charge in [0.05, 0.1) is 6.20 Å². The van der Waals surface area contributed by atoms with Crippen LogP contribution in [0, 0.1) is 0 Å². The Kier molecular flexibility index (Phi) is 3.35. The summed E-state index contributed by atoms with van der Waals surface area (Å²) in [6.45, 7) is 1.74. The molecule has 0 amide bonds. The number of H-pyrrole nitrogens is 1. The molecule has 1 unspecified atom stereocenters. The number of nitrogens with one attached hydrogen (secondary N) is 2. The van der Waals surface area contributed by atoms with E-state index in [9.17, 15) is 8.42 Å². The summed E-state index contributed by atoms with van der Waals surface area (Å²) in [4.78, 5) is 0. The summed E-state index contributed by atoms with van der Waals surface area (Å²) in [7, 11) is -3.60. The van der Waals surface area contributed by atoms with E-state index in [0.29, 0.717) is 5.69 Å². The van der Waals surface area contributed by atoms with Crippen molar-refractivity contribution in [3.8, 4) is 0 Å². The standard InChI is InChI=1S/C11H14N4O2S/c1-8(9-4-2-3-5-10(9)12)15-18(16,17)11-6-7-13-14-11/h2-8,15H,12H2,1H3,(H,13,14). The maximum atomic E-state index is 12.0. The summed E-state index contributed by atoms with van der Waals surface area (Å²) in [6.07, 6.45) is 1.39. The van der Waals surface area contributed by atoms with Crippen molar-refractivity contribution < 1.29 is 8.42 Å². The third-order valence-corrected chi connectivity index (χ3v) is 4.03. The molecule has 1 aromatic heterocycles. The number of para-hydroxylation sites is 1. The van der Waals surface area contributed by atoms with Crippen LogP contribution in [0.1, 0.15) is 18.5 Å². The molecule has 4 N–H and O–H groups in total. The lowest BCUT2D eigenvalue weighted by Gasteiger charge is -2.15.